The maximum Gasteiger partial charge on any atom is 0.0716 e. The zero-order chi connectivity index (χ0) is 16.1. The molecule has 0 aromatic heterocycles. The smallest absolute Gasteiger partial charge is 0.0716 e. The van der Waals surface area contributed by atoms with Crippen molar-refractivity contribution in [1.82, 2.24) is 0 Å². The summed E-state index contributed by atoms with van der Waals surface area (Å²) < 4.78 is 21.0. The second-order valence-corrected chi connectivity index (χ2v) is 5.13. The molecule has 0 aliphatic carbocycles. The minimum Gasteiger partial charge on any atom is -0.396 e. The summed E-state index contributed by atoms with van der Waals surface area (Å²) >= 11 is 0. The van der Waals surface area contributed by atoms with Crippen molar-refractivity contribution in [2.24, 2.45) is 0 Å². The van der Waals surface area contributed by atoms with Crippen molar-refractivity contribution in [3.05, 3.63) is 35.9 Å². The number of rotatable bonds is 13. The van der Waals surface area contributed by atoms with Gasteiger partial charge in [-0.05, 0) is 18.4 Å². The summed E-state index contributed by atoms with van der Waals surface area (Å²) in [4.78, 5) is 0. The van der Waals surface area contributed by atoms with Gasteiger partial charge in [-0.3, -0.25) is 0 Å². The molecular weight excluding hydrogens is 248 g/mol. The van der Waals surface area contributed by atoms with Gasteiger partial charge in [0.05, 0.1) is 6.61 Å². The van der Waals surface area contributed by atoms with Crippen LogP contribution in [-0.2, 0) is 11.3 Å². The monoisotopic (exact) mass is 280 g/mol. The molecule has 0 fully saturated rings. The van der Waals surface area contributed by atoms with E-state index in [0.29, 0.717) is 13.0 Å². The van der Waals surface area contributed by atoms with E-state index in [4.69, 9.17) is 12.6 Å². The lowest BCUT2D eigenvalue weighted by Crippen LogP contribution is -1.95. The maximum atomic E-state index is 8.77. The first-order valence-corrected chi connectivity index (χ1v) is 7.86. The Balaban J connectivity index is 1.86. The molecule has 0 heterocycles. The highest BCUT2D eigenvalue weighted by Gasteiger charge is 1.94. The fourth-order valence-electron chi connectivity index (χ4n) is 2.13. The van der Waals surface area contributed by atoms with Crippen LogP contribution >= 0.6 is 0 Å². The number of benzene rings is 1. The highest BCUT2D eigenvalue weighted by molar-refractivity contribution is 5.13. The molecule has 0 amide bonds. The van der Waals surface area contributed by atoms with Crippen molar-refractivity contribution in [2.45, 2.75) is 64.3 Å². The standard InChI is InChI=1S/C18H30O2/c19-15-11-6-4-2-1-3-5-7-12-16-20-17-18-13-9-8-10-14-18/h8-10,13-14,19H,1-7,11-12,15-17H2/i6D2. The van der Waals surface area contributed by atoms with Crippen LogP contribution in [0.5, 0.6) is 0 Å². The Morgan fingerprint density at radius 1 is 0.850 bits per heavy atom. The molecule has 1 aromatic carbocycles. The molecule has 114 valence electrons. The molecule has 0 spiro atoms. The van der Waals surface area contributed by atoms with E-state index in [1.807, 2.05) is 18.2 Å². The molecule has 0 atom stereocenters. The fraction of sp³-hybridized carbons (Fsp3) is 0.667. The molecule has 2 nitrogen and oxygen atoms in total. The molecule has 0 saturated heterocycles. The van der Waals surface area contributed by atoms with E-state index in [2.05, 4.69) is 12.1 Å². The van der Waals surface area contributed by atoms with Gasteiger partial charge in [-0.2, -0.15) is 0 Å². The topological polar surface area (TPSA) is 29.5 Å². The Morgan fingerprint density at radius 2 is 1.50 bits per heavy atom. The number of unbranched alkanes of at least 4 members (excludes halogenated alkanes) is 5. The van der Waals surface area contributed by atoms with Crippen molar-refractivity contribution in [3.63, 3.8) is 0 Å². The molecule has 20 heavy (non-hydrogen) atoms. The number of aliphatic hydroxyl groups is 1. The van der Waals surface area contributed by atoms with Gasteiger partial charge in [-0.25, -0.2) is 0 Å². The second-order valence-electron chi connectivity index (χ2n) is 5.13. The van der Waals surface area contributed by atoms with Crippen molar-refractivity contribution >= 4 is 0 Å². The normalized spacial score (nSPS) is 13.1. The van der Waals surface area contributed by atoms with Gasteiger partial charge in [0.1, 0.15) is 0 Å². The third-order valence-corrected chi connectivity index (χ3v) is 3.29. The van der Waals surface area contributed by atoms with Crippen LogP contribution in [0.2, 0.25) is 0 Å². The van der Waals surface area contributed by atoms with Crippen molar-refractivity contribution in [1.29, 1.82) is 0 Å². The van der Waals surface area contributed by atoms with Crippen LogP contribution in [-0.4, -0.2) is 18.3 Å². The summed E-state index contributed by atoms with van der Waals surface area (Å²) in [5.41, 5.74) is 1.22. The minimum atomic E-state index is -1.19. The zero-order valence-corrected chi connectivity index (χ0v) is 12.5. The molecule has 0 aliphatic heterocycles. The van der Waals surface area contributed by atoms with Gasteiger partial charge in [0.2, 0.25) is 0 Å². The molecule has 0 bridgehead atoms. The average molecular weight is 280 g/mol. The van der Waals surface area contributed by atoms with Gasteiger partial charge in [-0.1, -0.05) is 75.2 Å². The van der Waals surface area contributed by atoms with Crippen LogP contribution in [0, 0.1) is 0 Å². The van der Waals surface area contributed by atoms with Gasteiger partial charge in [0, 0.05) is 16.0 Å². The lowest BCUT2D eigenvalue weighted by molar-refractivity contribution is 0.116. The van der Waals surface area contributed by atoms with Crippen molar-refractivity contribution in [3.8, 4) is 0 Å². The van der Waals surface area contributed by atoms with E-state index >= 15 is 0 Å². The first-order valence-electron chi connectivity index (χ1n) is 8.86. The zero-order valence-electron chi connectivity index (χ0n) is 14.5. The lowest BCUT2D eigenvalue weighted by Gasteiger charge is -2.04. The van der Waals surface area contributed by atoms with E-state index in [1.54, 1.807) is 0 Å². The van der Waals surface area contributed by atoms with Crippen LogP contribution in [0.15, 0.2) is 30.3 Å². The largest absolute Gasteiger partial charge is 0.396 e. The highest BCUT2D eigenvalue weighted by atomic mass is 16.5. The minimum absolute atomic E-state index is 0.0595. The second kappa shape index (κ2) is 13.1. The Morgan fingerprint density at radius 3 is 2.20 bits per heavy atom. The predicted molar refractivity (Wildman–Crippen MR) is 84.7 cm³/mol. The lowest BCUT2D eigenvalue weighted by atomic mass is 10.1. The van der Waals surface area contributed by atoms with Gasteiger partial charge in [-0.15, -0.1) is 0 Å². The maximum absolute atomic E-state index is 8.77. The fourth-order valence-corrected chi connectivity index (χ4v) is 2.13. The average Bonchev–Trinajstić information content (AvgIpc) is 2.50. The molecule has 1 rings (SSSR count). The van der Waals surface area contributed by atoms with Crippen LogP contribution < -0.4 is 0 Å². The van der Waals surface area contributed by atoms with E-state index in [1.165, 1.54) is 18.4 Å². The summed E-state index contributed by atoms with van der Waals surface area (Å²) in [5.74, 6) is 0. The van der Waals surface area contributed by atoms with Crippen molar-refractivity contribution in [2.75, 3.05) is 13.2 Å². The predicted octanol–water partition coefficient (Wildman–Crippen LogP) is 4.71. The Labute approximate surface area is 127 Å². The van der Waals surface area contributed by atoms with Gasteiger partial charge >= 0.3 is 0 Å². The number of hydrogen-bond donors (Lipinski definition) is 1. The molecule has 2 heteroatoms. The molecule has 0 radical (unpaired) electrons. The Bertz CT molecular complexity index is 369. The van der Waals surface area contributed by atoms with E-state index in [-0.39, 0.29) is 13.0 Å². The third-order valence-electron chi connectivity index (χ3n) is 3.29. The molecular formula is C18H30O2. The van der Waals surface area contributed by atoms with Crippen molar-refractivity contribution < 1.29 is 12.6 Å². The Hall–Kier alpha value is -0.860. The van der Waals surface area contributed by atoms with Crippen LogP contribution in [0.3, 0.4) is 0 Å². The van der Waals surface area contributed by atoms with Gasteiger partial charge in [0.25, 0.3) is 0 Å². The summed E-state index contributed by atoms with van der Waals surface area (Å²) in [7, 11) is 0. The van der Waals surface area contributed by atoms with Gasteiger partial charge in [0.15, 0.2) is 0 Å². The van der Waals surface area contributed by atoms with E-state index in [0.717, 1.165) is 32.3 Å². The highest BCUT2D eigenvalue weighted by Crippen LogP contribution is 2.10. The molecule has 1 N–H and O–H groups in total. The number of ether oxygens (including phenoxy) is 1. The first-order chi connectivity index (χ1) is 10.6. The summed E-state index contributed by atoms with van der Waals surface area (Å²) in [6.07, 6.45) is 6.24. The van der Waals surface area contributed by atoms with E-state index < -0.39 is 6.37 Å². The first kappa shape index (κ1) is 14.1. The summed E-state index contributed by atoms with van der Waals surface area (Å²) in [5, 5.41) is 8.77. The SMILES string of the molecule is [2H]C([2H])(CCO)CCCCCCCCOCc1ccccc1. The van der Waals surface area contributed by atoms with Crippen LogP contribution in [0.4, 0.5) is 0 Å². The van der Waals surface area contributed by atoms with Gasteiger partial charge < -0.3 is 9.84 Å². The number of aliphatic hydroxyl groups excluding tert-OH is 1. The quantitative estimate of drug-likeness (QED) is 0.530. The number of hydrogen-bond acceptors (Lipinski definition) is 2. The molecule has 1 aromatic rings. The van der Waals surface area contributed by atoms with E-state index in [9.17, 15) is 0 Å². The molecule has 0 saturated carbocycles. The molecule has 0 aliphatic rings. The Kier molecular flexibility index (Phi) is 9.26. The summed E-state index contributed by atoms with van der Waals surface area (Å²) in [6, 6.07) is 10.2. The summed E-state index contributed by atoms with van der Waals surface area (Å²) in [6.45, 7) is 1.45. The van der Waals surface area contributed by atoms with Crippen LogP contribution in [0.25, 0.3) is 0 Å². The van der Waals surface area contributed by atoms with Crippen LogP contribution in [0.1, 0.15) is 66.0 Å². The third kappa shape index (κ3) is 9.99. The molecule has 0 unspecified atom stereocenters.